The van der Waals surface area contributed by atoms with Gasteiger partial charge in [-0.05, 0) is 43.7 Å². The van der Waals surface area contributed by atoms with Crippen LogP contribution in [-0.4, -0.2) is 0 Å². The molecule has 0 aliphatic heterocycles. The van der Waals surface area contributed by atoms with Gasteiger partial charge >= 0.3 is 0 Å². The van der Waals surface area contributed by atoms with E-state index in [1.54, 1.807) is 0 Å². The van der Waals surface area contributed by atoms with Gasteiger partial charge in [0.1, 0.15) is 0 Å². The maximum Gasteiger partial charge on any atom is -0.00991 e. The topological polar surface area (TPSA) is 0 Å². The summed E-state index contributed by atoms with van der Waals surface area (Å²) in [6, 6.07) is 28.6. The van der Waals surface area contributed by atoms with Crippen LogP contribution in [0.4, 0.5) is 0 Å². The molecule has 0 atom stereocenters. The molecule has 0 spiro atoms. The van der Waals surface area contributed by atoms with Crippen molar-refractivity contribution < 1.29 is 0 Å². The highest BCUT2D eigenvalue weighted by atomic mass is 14.2. The summed E-state index contributed by atoms with van der Waals surface area (Å²) in [4.78, 5) is 0. The summed E-state index contributed by atoms with van der Waals surface area (Å²) in [6.45, 7) is 6.85. The van der Waals surface area contributed by atoms with Gasteiger partial charge in [-0.2, -0.15) is 0 Å². The summed E-state index contributed by atoms with van der Waals surface area (Å²) in [5, 5.41) is 5.30. The van der Waals surface area contributed by atoms with Crippen molar-refractivity contribution in [2.24, 2.45) is 0 Å². The molecule has 0 heteroatoms. The largest absolute Gasteiger partial charge is 0.0616 e. The Labute approximate surface area is 143 Å². The van der Waals surface area contributed by atoms with Crippen molar-refractivity contribution in [1.29, 1.82) is 0 Å². The summed E-state index contributed by atoms with van der Waals surface area (Å²) in [5.41, 5.74) is 4.17. The fraction of sp³-hybridized carbons (Fsp3) is 0.167. The predicted molar refractivity (Wildman–Crippen MR) is 106 cm³/mol. The zero-order chi connectivity index (χ0) is 16.7. The molecule has 24 heavy (non-hydrogen) atoms. The summed E-state index contributed by atoms with van der Waals surface area (Å²) >= 11 is 0. The molecule has 0 saturated heterocycles. The quantitative estimate of drug-likeness (QED) is 0.356. The van der Waals surface area contributed by atoms with Crippen molar-refractivity contribution >= 4 is 21.5 Å². The van der Waals surface area contributed by atoms with Gasteiger partial charge in [0.15, 0.2) is 0 Å². The first-order valence-corrected chi connectivity index (χ1v) is 8.56. The molecular formula is C24H22. The van der Waals surface area contributed by atoms with Crippen LogP contribution in [0.25, 0.3) is 32.7 Å². The zero-order valence-electron chi connectivity index (χ0n) is 14.5. The number of fused-ring (bicyclic) bond motifs is 2. The molecule has 0 fully saturated rings. The fourth-order valence-electron chi connectivity index (χ4n) is 3.66. The van der Waals surface area contributed by atoms with Crippen LogP contribution in [0.1, 0.15) is 26.3 Å². The van der Waals surface area contributed by atoms with Gasteiger partial charge in [-0.25, -0.2) is 0 Å². The van der Waals surface area contributed by atoms with Crippen LogP contribution >= 0.6 is 0 Å². The second-order valence-corrected chi connectivity index (χ2v) is 7.48. The molecule has 4 rings (SSSR count). The Kier molecular flexibility index (Phi) is 3.42. The molecule has 0 nitrogen and oxygen atoms in total. The van der Waals surface area contributed by atoms with E-state index in [4.69, 9.17) is 0 Å². The molecular weight excluding hydrogens is 288 g/mol. The second-order valence-electron chi connectivity index (χ2n) is 7.48. The molecule has 0 aliphatic rings. The lowest BCUT2D eigenvalue weighted by Gasteiger charge is -2.22. The van der Waals surface area contributed by atoms with Gasteiger partial charge in [-0.1, -0.05) is 99.6 Å². The monoisotopic (exact) mass is 310 g/mol. The van der Waals surface area contributed by atoms with Gasteiger partial charge in [-0.15, -0.1) is 0 Å². The predicted octanol–water partition coefficient (Wildman–Crippen LogP) is 6.96. The van der Waals surface area contributed by atoms with Gasteiger partial charge in [0, 0.05) is 0 Å². The molecule has 0 N–H and O–H groups in total. The highest BCUT2D eigenvalue weighted by Gasteiger charge is 2.17. The minimum absolute atomic E-state index is 0.136. The van der Waals surface area contributed by atoms with E-state index >= 15 is 0 Å². The lowest BCUT2D eigenvalue weighted by Crippen LogP contribution is -2.11. The normalized spacial score (nSPS) is 12.0. The average Bonchev–Trinajstić information content (AvgIpc) is 2.59. The van der Waals surface area contributed by atoms with E-state index in [-0.39, 0.29) is 5.41 Å². The Bertz CT molecular complexity index is 1030. The Balaban J connectivity index is 2.08. The molecule has 4 aromatic rings. The SMILES string of the molecule is CC(C)(C)c1cccc2c(-c3cccc4ccccc34)cccc12. The van der Waals surface area contributed by atoms with Crippen LogP contribution < -0.4 is 0 Å². The van der Waals surface area contributed by atoms with Gasteiger partial charge in [0.05, 0.1) is 0 Å². The van der Waals surface area contributed by atoms with Gasteiger partial charge in [0.2, 0.25) is 0 Å². The number of benzene rings is 4. The van der Waals surface area contributed by atoms with Crippen LogP contribution in [-0.2, 0) is 5.41 Å². The first-order valence-electron chi connectivity index (χ1n) is 8.56. The first-order chi connectivity index (χ1) is 11.6. The smallest absolute Gasteiger partial charge is 0.00991 e. The van der Waals surface area contributed by atoms with Crippen molar-refractivity contribution in [3.8, 4) is 11.1 Å². The number of hydrogen-bond donors (Lipinski definition) is 0. The van der Waals surface area contributed by atoms with Crippen LogP contribution in [0.2, 0.25) is 0 Å². The van der Waals surface area contributed by atoms with Crippen molar-refractivity contribution in [3.63, 3.8) is 0 Å². The molecule has 0 bridgehead atoms. The van der Waals surface area contributed by atoms with Crippen LogP contribution in [0.3, 0.4) is 0 Å². The second kappa shape index (κ2) is 5.49. The van der Waals surface area contributed by atoms with Crippen molar-refractivity contribution in [1.82, 2.24) is 0 Å². The number of hydrogen-bond acceptors (Lipinski definition) is 0. The Morgan fingerprint density at radius 2 is 1.04 bits per heavy atom. The Morgan fingerprint density at radius 1 is 0.500 bits per heavy atom. The molecule has 0 amide bonds. The number of rotatable bonds is 1. The van der Waals surface area contributed by atoms with E-state index in [0.29, 0.717) is 0 Å². The molecule has 4 aromatic carbocycles. The summed E-state index contributed by atoms with van der Waals surface area (Å²) in [5.74, 6) is 0. The summed E-state index contributed by atoms with van der Waals surface area (Å²) in [7, 11) is 0. The highest BCUT2D eigenvalue weighted by Crippen LogP contribution is 2.37. The van der Waals surface area contributed by atoms with E-state index in [9.17, 15) is 0 Å². The van der Waals surface area contributed by atoms with Gasteiger partial charge in [-0.3, -0.25) is 0 Å². The van der Waals surface area contributed by atoms with Gasteiger partial charge in [0.25, 0.3) is 0 Å². The average molecular weight is 310 g/mol. The van der Waals surface area contributed by atoms with Crippen molar-refractivity contribution in [2.45, 2.75) is 26.2 Å². The third-order valence-corrected chi connectivity index (χ3v) is 4.81. The molecule has 0 unspecified atom stereocenters. The lowest BCUT2D eigenvalue weighted by atomic mass is 9.82. The highest BCUT2D eigenvalue weighted by molar-refractivity contribution is 6.06. The maximum atomic E-state index is 2.28. The first kappa shape index (κ1) is 15.0. The fourth-order valence-corrected chi connectivity index (χ4v) is 3.66. The Hall–Kier alpha value is -2.60. The van der Waals surface area contributed by atoms with E-state index in [2.05, 4.69) is 99.6 Å². The van der Waals surface area contributed by atoms with E-state index < -0.39 is 0 Å². The summed E-state index contributed by atoms with van der Waals surface area (Å²) in [6.07, 6.45) is 0. The van der Waals surface area contributed by atoms with Crippen LogP contribution in [0.15, 0.2) is 78.9 Å². The molecule has 0 radical (unpaired) electrons. The lowest BCUT2D eigenvalue weighted by molar-refractivity contribution is 0.596. The molecule has 118 valence electrons. The molecule has 0 saturated carbocycles. The van der Waals surface area contributed by atoms with E-state index in [1.807, 2.05) is 0 Å². The molecule has 0 aliphatic carbocycles. The standard InChI is InChI=1S/C24H22/c1-24(2,3)23-16-8-14-21-20(13-7-15-22(21)23)19-12-6-10-17-9-4-5-11-18(17)19/h4-16H,1-3H3. The molecule has 0 aromatic heterocycles. The van der Waals surface area contributed by atoms with Crippen LogP contribution in [0, 0.1) is 0 Å². The van der Waals surface area contributed by atoms with Gasteiger partial charge < -0.3 is 0 Å². The van der Waals surface area contributed by atoms with Crippen LogP contribution in [0.5, 0.6) is 0 Å². The maximum absolute atomic E-state index is 2.28. The minimum atomic E-state index is 0.136. The molecule has 0 heterocycles. The minimum Gasteiger partial charge on any atom is -0.0616 e. The van der Waals surface area contributed by atoms with E-state index in [1.165, 1.54) is 38.2 Å². The third kappa shape index (κ3) is 2.39. The van der Waals surface area contributed by atoms with Crippen molar-refractivity contribution in [3.05, 3.63) is 84.4 Å². The summed E-state index contributed by atoms with van der Waals surface area (Å²) < 4.78 is 0. The zero-order valence-corrected chi connectivity index (χ0v) is 14.5. The van der Waals surface area contributed by atoms with Crippen molar-refractivity contribution in [2.75, 3.05) is 0 Å². The van der Waals surface area contributed by atoms with E-state index in [0.717, 1.165) is 0 Å². The third-order valence-electron chi connectivity index (χ3n) is 4.81. The Morgan fingerprint density at radius 3 is 1.83 bits per heavy atom.